The summed E-state index contributed by atoms with van der Waals surface area (Å²) in [5.41, 5.74) is 0.488. The van der Waals surface area contributed by atoms with Gasteiger partial charge in [0.1, 0.15) is 11.3 Å². The highest BCUT2D eigenvalue weighted by molar-refractivity contribution is 7.89. The predicted molar refractivity (Wildman–Crippen MR) is 96.6 cm³/mol. The van der Waals surface area contributed by atoms with E-state index < -0.39 is 21.3 Å². The molecule has 3 rings (SSSR count). The monoisotopic (exact) mass is 377 g/mol. The normalized spacial score (nSPS) is 12.0. The number of nitrogens with one attached hydrogen (secondary N) is 2. The van der Waals surface area contributed by atoms with Crippen LogP contribution in [0.3, 0.4) is 0 Å². The molecule has 0 saturated carbocycles. The topological polar surface area (TPSA) is 119 Å². The van der Waals surface area contributed by atoms with Crippen LogP contribution in [0.4, 0.5) is 0 Å². The molecular weight excluding hydrogens is 358 g/mol. The second-order valence-electron chi connectivity index (χ2n) is 6.05. The maximum Gasteiger partial charge on any atom is 0.332 e. The summed E-state index contributed by atoms with van der Waals surface area (Å²) in [7, 11) is -0.708. The first-order valence-corrected chi connectivity index (χ1v) is 9.40. The van der Waals surface area contributed by atoms with Gasteiger partial charge in [0.15, 0.2) is 5.65 Å². The Morgan fingerprint density at radius 1 is 1.12 bits per heavy atom. The van der Waals surface area contributed by atoms with Crippen molar-refractivity contribution < 1.29 is 8.42 Å². The van der Waals surface area contributed by atoms with Crippen molar-refractivity contribution in [3.05, 3.63) is 56.5 Å². The minimum atomic E-state index is -3.62. The molecule has 0 spiro atoms. The first kappa shape index (κ1) is 18.1. The first-order valence-electron chi connectivity index (χ1n) is 7.91. The summed E-state index contributed by atoms with van der Waals surface area (Å²) in [5.74, 6) is 0.421. The molecule has 9 nitrogen and oxygen atoms in total. The van der Waals surface area contributed by atoms with Crippen LogP contribution in [0, 0.1) is 6.92 Å². The Bertz CT molecular complexity index is 1190. The van der Waals surface area contributed by atoms with E-state index in [1.165, 1.54) is 18.7 Å². The van der Waals surface area contributed by atoms with Gasteiger partial charge in [0.25, 0.3) is 5.56 Å². The highest BCUT2D eigenvalue weighted by Gasteiger charge is 2.15. The van der Waals surface area contributed by atoms with Crippen LogP contribution in [0.5, 0.6) is 0 Å². The highest BCUT2D eigenvalue weighted by atomic mass is 32.2. The van der Waals surface area contributed by atoms with Crippen molar-refractivity contribution in [2.24, 2.45) is 14.1 Å². The molecule has 0 aliphatic rings. The van der Waals surface area contributed by atoms with Crippen LogP contribution in [0.2, 0.25) is 0 Å². The fourth-order valence-electron chi connectivity index (χ4n) is 2.60. The Hall–Kier alpha value is -2.72. The number of H-pyrrole nitrogens is 1. The number of nitrogens with zero attached hydrogens (tertiary/aromatic N) is 3. The van der Waals surface area contributed by atoms with Gasteiger partial charge in [0.05, 0.1) is 4.90 Å². The van der Waals surface area contributed by atoms with Crippen molar-refractivity contribution in [3.63, 3.8) is 0 Å². The second kappa shape index (κ2) is 6.54. The van der Waals surface area contributed by atoms with Crippen LogP contribution in [0.1, 0.15) is 11.4 Å². The van der Waals surface area contributed by atoms with Gasteiger partial charge in [-0.3, -0.25) is 13.9 Å². The van der Waals surface area contributed by atoms with Crippen molar-refractivity contribution >= 4 is 21.2 Å². The van der Waals surface area contributed by atoms with Crippen LogP contribution < -0.4 is 16.0 Å². The maximum atomic E-state index is 12.3. The van der Waals surface area contributed by atoms with Crippen molar-refractivity contribution in [1.82, 2.24) is 23.8 Å². The molecule has 0 aliphatic carbocycles. The van der Waals surface area contributed by atoms with E-state index in [9.17, 15) is 18.0 Å². The largest absolute Gasteiger partial charge is 0.336 e. The number of rotatable bonds is 5. The number of hydrogen-bond donors (Lipinski definition) is 2. The molecule has 26 heavy (non-hydrogen) atoms. The lowest BCUT2D eigenvalue weighted by atomic mass is 10.2. The molecule has 0 amide bonds. The Labute approximate surface area is 149 Å². The van der Waals surface area contributed by atoms with E-state index >= 15 is 0 Å². The lowest BCUT2D eigenvalue weighted by Crippen LogP contribution is -2.36. The molecule has 1 aromatic carbocycles. The summed E-state index contributed by atoms with van der Waals surface area (Å²) < 4.78 is 29.3. The zero-order valence-electron chi connectivity index (χ0n) is 14.6. The third kappa shape index (κ3) is 3.20. The van der Waals surface area contributed by atoms with Crippen LogP contribution >= 0.6 is 0 Å². The fraction of sp³-hybridized carbons (Fsp3) is 0.312. The summed E-state index contributed by atoms with van der Waals surface area (Å²) in [5, 5.41) is 0. The van der Waals surface area contributed by atoms with Crippen molar-refractivity contribution in [2.45, 2.75) is 18.2 Å². The molecule has 138 valence electrons. The molecule has 0 radical (unpaired) electrons. The lowest BCUT2D eigenvalue weighted by Gasteiger charge is -2.06. The molecule has 0 bridgehead atoms. The Kier molecular flexibility index (Phi) is 4.55. The average Bonchev–Trinajstić information content (AvgIpc) is 3.03. The third-order valence-corrected chi connectivity index (χ3v) is 5.61. The zero-order valence-corrected chi connectivity index (χ0v) is 15.4. The molecule has 3 aromatic rings. The average molecular weight is 377 g/mol. The summed E-state index contributed by atoms with van der Waals surface area (Å²) in [6.07, 6.45) is 0.247. The van der Waals surface area contributed by atoms with Gasteiger partial charge >= 0.3 is 5.69 Å². The molecule has 0 saturated heterocycles. The summed E-state index contributed by atoms with van der Waals surface area (Å²) in [6, 6.07) is 6.53. The van der Waals surface area contributed by atoms with Gasteiger partial charge in [-0.05, 0) is 19.1 Å². The molecule has 2 heterocycles. The minimum absolute atomic E-state index is 0.101. The van der Waals surface area contributed by atoms with E-state index in [1.54, 1.807) is 24.3 Å². The number of aryl methyl sites for hydroxylation is 2. The number of aromatic nitrogens is 4. The molecule has 0 fully saturated rings. The van der Waals surface area contributed by atoms with E-state index in [0.717, 1.165) is 10.1 Å². The number of fused-ring (bicyclic) bond motifs is 1. The van der Waals surface area contributed by atoms with Gasteiger partial charge < -0.3 is 4.98 Å². The van der Waals surface area contributed by atoms with Crippen molar-refractivity contribution in [1.29, 1.82) is 0 Å². The van der Waals surface area contributed by atoms with E-state index in [-0.39, 0.29) is 29.0 Å². The SMILES string of the molecule is Cc1ccc(S(=O)(=O)NCCc2nc3c([nH]2)c(=O)n(C)c(=O)n3C)cc1. The number of imidazole rings is 1. The van der Waals surface area contributed by atoms with Gasteiger partial charge in [0.2, 0.25) is 10.0 Å². The first-order chi connectivity index (χ1) is 12.2. The molecule has 2 N–H and O–H groups in total. The van der Waals surface area contributed by atoms with E-state index in [0.29, 0.717) is 5.82 Å². The second-order valence-corrected chi connectivity index (χ2v) is 7.82. The van der Waals surface area contributed by atoms with Crippen LogP contribution in [0.15, 0.2) is 38.8 Å². The van der Waals surface area contributed by atoms with Crippen LogP contribution in [-0.2, 0) is 30.5 Å². The van der Waals surface area contributed by atoms with Crippen molar-refractivity contribution in [2.75, 3.05) is 6.54 Å². The van der Waals surface area contributed by atoms with Crippen LogP contribution in [0.25, 0.3) is 11.2 Å². The molecule has 2 aromatic heterocycles. The standard InChI is InChI=1S/C16H19N5O4S/c1-10-4-6-11(7-5-10)26(24,25)17-9-8-12-18-13-14(19-12)20(2)16(23)21(3)15(13)22/h4-7,17H,8-9H2,1-3H3,(H,18,19). The van der Waals surface area contributed by atoms with Crippen LogP contribution in [-0.4, -0.2) is 34.1 Å². The number of aromatic amines is 1. The number of benzene rings is 1. The maximum absolute atomic E-state index is 12.3. The summed E-state index contributed by atoms with van der Waals surface area (Å²) >= 11 is 0. The van der Waals surface area contributed by atoms with E-state index in [4.69, 9.17) is 0 Å². The zero-order chi connectivity index (χ0) is 19.1. The Balaban J connectivity index is 1.79. The van der Waals surface area contributed by atoms with Crippen molar-refractivity contribution in [3.8, 4) is 0 Å². The predicted octanol–water partition coefficient (Wildman–Crippen LogP) is -0.210. The van der Waals surface area contributed by atoms with Gasteiger partial charge in [-0.25, -0.2) is 22.9 Å². The van der Waals surface area contributed by atoms with E-state index in [2.05, 4.69) is 14.7 Å². The summed E-state index contributed by atoms with van der Waals surface area (Å²) in [4.78, 5) is 31.3. The van der Waals surface area contributed by atoms with Gasteiger partial charge in [0, 0.05) is 27.1 Å². The Morgan fingerprint density at radius 2 is 1.77 bits per heavy atom. The molecule has 0 unspecified atom stereocenters. The molecule has 0 aliphatic heterocycles. The Morgan fingerprint density at radius 3 is 2.42 bits per heavy atom. The molecule has 0 atom stereocenters. The van der Waals surface area contributed by atoms with E-state index in [1.807, 2.05) is 6.92 Å². The highest BCUT2D eigenvalue weighted by Crippen LogP contribution is 2.10. The smallest absolute Gasteiger partial charge is 0.332 e. The lowest BCUT2D eigenvalue weighted by molar-refractivity contribution is 0.581. The number of sulfonamides is 1. The molecule has 10 heteroatoms. The quantitative estimate of drug-likeness (QED) is 0.638. The van der Waals surface area contributed by atoms with Gasteiger partial charge in [-0.15, -0.1) is 0 Å². The minimum Gasteiger partial charge on any atom is -0.336 e. The third-order valence-electron chi connectivity index (χ3n) is 4.13. The molecular formula is C16H19N5O4S. The van der Waals surface area contributed by atoms with Gasteiger partial charge in [-0.1, -0.05) is 17.7 Å². The number of hydrogen-bond acceptors (Lipinski definition) is 5. The fourth-order valence-corrected chi connectivity index (χ4v) is 3.63. The van der Waals surface area contributed by atoms with Gasteiger partial charge in [-0.2, -0.15) is 0 Å². The summed E-state index contributed by atoms with van der Waals surface area (Å²) in [6.45, 7) is 1.98.